The van der Waals surface area contributed by atoms with Crippen molar-refractivity contribution in [2.45, 2.75) is 38.5 Å². The SMILES string of the molecule is C#CCN1C(=O)CNC(=O)/C1=C/c1ccc(C(=O)NCCCCCCCC(=O)NO)cc1. The van der Waals surface area contributed by atoms with Gasteiger partial charge in [0.15, 0.2) is 0 Å². The van der Waals surface area contributed by atoms with Gasteiger partial charge < -0.3 is 10.6 Å². The molecule has 4 amide bonds. The number of hydroxylamine groups is 1. The van der Waals surface area contributed by atoms with Crippen LogP contribution in [0.15, 0.2) is 30.0 Å². The van der Waals surface area contributed by atoms with E-state index in [1.165, 1.54) is 4.90 Å². The van der Waals surface area contributed by atoms with Crippen molar-refractivity contribution in [2.75, 3.05) is 19.6 Å². The average molecular weight is 441 g/mol. The molecule has 1 aromatic rings. The molecule has 1 aliphatic heterocycles. The molecular formula is C23H28N4O5. The minimum absolute atomic E-state index is 0.0105. The Morgan fingerprint density at radius 2 is 1.81 bits per heavy atom. The third-order valence-corrected chi connectivity index (χ3v) is 4.94. The van der Waals surface area contributed by atoms with Gasteiger partial charge in [0.25, 0.3) is 11.8 Å². The highest BCUT2D eigenvalue weighted by Crippen LogP contribution is 2.15. The van der Waals surface area contributed by atoms with Crippen molar-refractivity contribution in [2.24, 2.45) is 0 Å². The minimum atomic E-state index is -0.377. The number of terminal acetylenes is 1. The van der Waals surface area contributed by atoms with Crippen LogP contribution in [0.4, 0.5) is 0 Å². The molecule has 0 aromatic heterocycles. The second-order valence-corrected chi connectivity index (χ2v) is 7.33. The van der Waals surface area contributed by atoms with Gasteiger partial charge in [-0.3, -0.25) is 29.3 Å². The molecule has 0 spiro atoms. The first-order valence-corrected chi connectivity index (χ1v) is 10.5. The molecule has 4 N–H and O–H groups in total. The fraction of sp³-hybridized carbons (Fsp3) is 0.391. The first kappa shape index (κ1) is 24.6. The normalized spacial score (nSPS) is 14.6. The Labute approximate surface area is 187 Å². The van der Waals surface area contributed by atoms with Gasteiger partial charge in [-0.05, 0) is 36.6 Å². The summed E-state index contributed by atoms with van der Waals surface area (Å²) in [7, 11) is 0. The molecule has 1 aliphatic rings. The van der Waals surface area contributed by atoms with Crippen LogP contribution in [0.25, 0.3) is 6.08 Å². The van der Waals surface area contributed by atoms with Crippen molar-refractivity contribution in [3.63, 3.8) is 0 Å². The van der Waals surface area contributed by atoms with E-state index in [1.54, 1.807) is 35.8 Å². The van der Waals surface area contributed by atoms with Crippen molar-refractivity contribution in [1.82, 2.24) is 21.0 Å². The summed E-state index contributed by atoms with van der Waals surface area (Å²) in [5.74, 6) is 1.16. The number of hydrogen-bond donors (Lipinski definition) is 4. The smallest absolute Gasteiger partial charge is 0.268 e. The fourth-order valence-electron chi connectivity index (χ4n) is 3.20. The summed E-state index contributed by atoms with van der Waals surface area (Å²) in [6, 6.07) is 6.71. The van der Waals surface area contributed by atoms with Crippen LogP contribution >= 0.6 is 0 Å². The lowest BCUT2D eigenvalue weighted by molar-refractivity contribution is -0.135. The molecule has 0 aliphatic carbocycles. The van der Waals surface area contributed by atoms with E-state index in [2.05, 4.69) is 16.6 Å². The van der Waals surface area contributed by atoms with E-state index in [9.17, 15) is 19.2 Å². The molecule has 0 bridgehead atoms. The largest absolute Gasteiger partial charge is 0.352 e. The Hall–Kier alpha value is -3.64. The quantitative estimate of drug-likeness (QED) is 0.135. The van der Waals surface area contributed by atoms with E-state index in [4.69, 9.17) is 11.6 Å². The summed E-state index contributed by atoms with van der Waals surface area (Å²) in [5, 5.41) is 13.8. The van der Waals surface area contributed by atoms with E-state index in [0.29, 0.717) is 24.1 Å². The molecule has 32 heavy (non-hydrogen) atoms. The van der Waals surface area contributed by atoms with Gasteiger partial charge >= 0.3 is 0 Å². The predicted octanol–water partition coefficient (Wildman–Crippen LogP) is 1.19. The van der Waals surface area contributed by atoms with Crippen molar-refractivity contribution in [3.05, 3.63) is 41.1 Å². The summed E-state index contributed by atoms with van der Waals surface area (Å²) >= 11 is 0. The van der Waals surface area contributed by atoms with Crippen molar-refractivity contribution in [1.29, 1.82) is 0 Å². The van der Waals surface area contributed by atoms with Crippen molar-refractivity contribution >= 4 is 29.7 Å². The van der Waals surface area contributed by atoms with Gasteiger partial charge in [0.05, 0.1) is 13.1 Å². The van der Waals surface area contributed by atoms with E-state index in [0.717, 1.165) is 32.1 Å². The van der Waals surface area contributed by atoms with Crippen LogP contribution in [-0.4, -0.2) is 53.4 Å². The minimum Gasteiger partial charge on any atom is -0.352 e. The second-order valence-electron chi connectivity index (χ2n) is 7.33. The van der Waals surface area contributed by atoms with E-state index >= 15 is 0 Å². The predicted molar refractivity (Wildman–Crippen MR) is 118 cm³/mol. The Bertz CT molecular complexity index is 902. The standard InChI is InChI=1S/C23H28N4O5/c1-2-14-27-19(23(31)25-16-21(27)29)15-17-9-11-18(12-10-17)22(30)24-13-7-5-3-4-6-8-20(28)26-32/h1,9-12,15,32H,3-8,13-14,16H2,(H,24,30)(H,25,31)(H,26,28)/b19-15-. The van der Waals surface area contributed by atoms with E-state index in [-0.39, 0.29) is 42.4 Å². The Kier molecular flexibility index (Phi) is 9.94. The van der Waals surface area contributed by atoms with Gasteiger partial charge in [-0.2, -0.15) is 0 Å². The molecule has 1 fully saturated rings. The maximum atomic E-state index is 12.3. The third kappa shape index (κ3) is 7.56. The molecule has 0 saturated carbocycles. The maximum Gasteiger partial charge on any atom is 0.268 e. The van der Waals surface area contributed by atoms with Crippen molar-refractivity contribution < 1.29 is 24.4 Å². The summed E-state index contributed by atoms with van der Waals surface area (Å²) in [6.45, 7) is 0.472. The highest BCUT2D eigenvalue weighted by molar-refractivity contribution is 6.06. The van der Waals surface area contributed by atoms with Crippen LogP contribution < -0.4 is 16.1 Å². The molecule has 1 heterocycles. The Balaban J connectivity index is 1.80. The number of piperazine rings is 1. The molecule has 170 valence electrons. The van der Waals surface area contributed by atoms with Gasteiger partial charge in [-0.25, -0.2) is 5.48 Å². The molecule has 0 unspecified atom stereocenters. The topological polar surface area (TPSA) is 128 Å². The second kappa shape index (κ2) is 12.9. The molecular weight excluding hydrogens is 412 g/mol. The summed E-state index contributed by atoms with van der Waals surface area (Å²) in [4.78, 5) is 48.6. The maximum absolute atomic E-state index is 12.3. The number of carbonyl (C=O) groups is 4. The first-order valence-electron chi connectivity index (χ1n) is 10.5. The third-order valence-electron chi connectivity index (χ3n) is 4.94. The molecule has 9 heteroatoms. The van der Waals surface area contributed by atoms with Crippen LogP contribution in [0, 0.1) is 12.3 Å². The van der Waals surface area contributed by atoms with Gasteiger partial charge in [-0.1, -0.05) is 37.3 Å². The van der Waals surface area contributed by atoms with Gasteiger partial charge in [0, 0.05) is 18.5 Å². The van der Waals surface area contributed by atoms with Crippen LogP contribution in [0.5, 0.6) is 0 Å². The number of amides is 4. The lowest BCUT2D eigenvalue weighted by Crippen LogP contribution is -2.49. The lowest BCUT2D eigenvalue weighted by Gasteiger charge is -2.27. The number of nitrogens with zero attached hydrogens (tertiary/aromatic N) is 1. The summed E-state index contributed by atoms with van der Waals surface area (Å²) < 4.78 is 0. The lowest BCUT2D eigenvalue weighted by atomic mass is 10.1. The zero-order valence-electron chi connectivity index (χ0n) is 17.9. The zero-order chi connectivity index (χ0) is 23.3. The molecule has 9 nitrogen and oxygen atoms in total. The highest BCUT2D eigenvalue weighted by Gasteiger charge is 2.28. The van der Waals surface area contributed by atoms with Crippen LogP contribution in [0.1, 0.15) is 54.4 Å². The van der Waals surface area contributed by atoms with Crippen LogP contribution in [-0.2, 0) is 14.4 Å². The Morgan fingerprint density at radius 1 is 1.12 bits per heavy atom. The van der Waals surface area contributed by atoms with E-state index in [1.807, 2.05) is 0 Å². The molecule has 2 rings (SSSR count). The first-order chi connectivity index (χ1) is 15.5. The molecule has 1 saturated heterocycles. The van der Waals surface area contributed by atoms with Crippen molar-refractivity contribution in [3.8, 4) is 12.3 Å². The number of hydrogen-bond acceptors (Lipinski definition) is 5. The van der Waals surface area contributed by atoms with Crippen LogP contribution in [0.2, 0.25) is 0 Å². The molecule has 0 atom stereocenters. The number of carbonyl (C=O) groups excluding carboxylic acids is 4. The Morgan fingerprint density at radius 3 is 2.50 bits per heavy atom. The molecule has 0 radical (unpaired) electrons. The number of nitrogens with one attached hydrogen (secondary N) is 3. The fourth-order valence-corrected chi connectivity index (χ4v) is 3.20. The monoisotopic (exact) mass is 440 g/mol. The highest BCUT2D eigenvalue weighted by atomic mass is 16.5. The zero-order valence-corrected chi connectivity index (χ0v) is 17.9. The van der Waals surface area contributed by atoms with E-state index < -0.39 is 0 Å². The number of rotatable bonds is 11. The summed E-state index contributed by atoms with van der Waals surface area (Å²) in [6.07, 6.45) is 11.5. The molecule has 1 aromatic carbocycles. The average Bonchev–Trinajstić information content (AvgIpc) is 2.80. The van der Waals surface area contributed by atoms with Gasteiger partial charge in [-0.15, -0.1) is 6.42 Å². The van der Waals surface area contributed by atoms with Gasteiger partial charge in [0.2, 0.25) is 11.8 Å². The van der Waals surface area contributed by atoms with Gasteiger partial charge in [0.1, 0.15) is 5.70 Å². The number of benzene rings is 1. The summed E-state index contributed by atoms with van der Waals surface area (Å²) in [5.41, 5.74) is 2.94. The number of unbranched alkanes of at least 4 members (excludes halogenated alkanes) is 4. The van der Waals surface area contributed by atoms with Crippen LogP contribution in [0.3, 0.4) is 0 Å².